The van der Waals surface area contributed by atoms with Gasteiger partial charge in [0.15, 0.2) is 0 Å². The predicted molar refractivity (Wildman–Crippen MR) is 190 cm³/mol. The molecule has 9 atom stereocenters. The fourth-order valence-corrected chi connectivity index (χ4v) is 11.3. The highest BCUT2D eigenvalue weighted by Gasteiger charge is 2.53. The molecule has 7 nitrogen and oxygen atoms in total. The molecule has 9 unspecified atom stereocenters. The van der Waals surface area contributed by atoms with Crippen LogP contribution >= 0.6 is 0 Å². The number of carbonyl (C=O) groups is 1. The molecular formula is C41H48N4O3. The van der Waals surface area contributed by atoms with Gasteiger partial charge in [-0.1, -0.05) is 47.6 Å². The second kappa shape index (κ2) is 11.2. The number of aryl methyl sites for hydroxylation is 1. The molecule has 0 saturated carbocycles. The summed E-state index contributed by atoms with van der Waals surface area (Å²) < 4.78 is 8.02. The van der Waals surface area contributed by atoms with E-state index in [9.17, 15) is 9.90 Å². The molecule has 7 heteroatoms. The van der Waals surface area contributed by atoms with E-state index in [0.29, 0.717) is 23.9 Å². The highest BCUT2D eigenvalue weighted by atomic mass is 16.5. The number of likely N-dealkylation sites (N-methyl/N-ethyl adjacent to an activating group) is 1. The number of methoxy groups -OCH3 is 1. The molecule has 10 rings (SSSR count). The van der Waals surface area contributed by atoms with E-state index in [1.165, 1.54) is 55.5 Å². The van der Waals surface area contributed by atoms with Crippen LogP contribution in [0.3, 0.4) is 0 Å². The summed E-state index contributed by atoms with van der Waals surface area (Å²) in [6, 6.07) is 16.7. The SMILES string of the molecule is CC=C1CN2C3CC1C(CO)C2Cc1c3n(C)c2ccc(C3CC4C(=CC)CN(C)C(Cc5c3[nH]c3ccccc53)C4C(=O)OC)cc12. The maximum Gasteiger partial charge on any atom is 0.310 e. The van der Waals surface area contributed by atoms with E-state index in [-0.39, 0.29) is 36.4 Å². The molecule has 1 aliphatic carbocycles. The van der Waals surface area contributed by atoms with Gasteiger partial charge < -0.3 is 19.4 Å². The molecule has 0 spiro atoms. The zero-order valence-electron chi connectivity index (χ0n) is 28.9. The maximum absolute atomic E-state index is 13.7. The van der Waals surface area contributed by atoms with E-state index in [4.69, 9.17) is 4.74 Å². The summed E-state index contributed by atoms with van der Waals surface area (Å²) in [7, 11) is 5.97. The number of ether oxygens (including phenoxy) is 1. The second-order valence-corrected chi connectivity index (χ2v) is 15.3. The lowest BCUT2D eigenvalue weighted by Gasteiger charge is -2.58. The quantitative estimate of drug-likeness (QED) is 0.204. The number of piperidine rings is 4. The van der Waals surface area contributed by atoms with E-state index >= 15 is 0 Å². The Bertz CT molecular complexity index is 2020. The summed E-state index contributed by atoms with van der Waals surface area (Å²) in [6.45, 7) is 6.43. The molecule has 0 radical (unpaired) electrons. The average Bonchev–Trinajstić information content (AvgIpc) is 3.60. The van der Waals surface area contributed by atoms with Crippen LogP contribution in [-0.2, 0) is 29.4 Å². The number of aliphatic hydroxyl groups excluding tert-OH is 1. The Morgan fingerprint density at radius 2 is 1.73 bits per heavy atom. The van der Waals surface area contributed by atoms with Gasteiger partial charge in [-0.05, 0) is 93.3 Å². The zero-order valence-corrected chi connectivity index (χ0v) is 28.9. The summed E-state index contributed by atoms with van der Waals surface area (Å²) in [5.41, 5.74) is 12.2. The number of likely N-dealkylation sites (tertiary alicyclic amines) is 1. The number of nitrogens with zero attached hydrogens (tertiary/aromatic N) is 3. The van der Waals surface area contributed by atoms with E-state index in [0.717, 1.165) is 44.3 Å². The Kier molecular flexibility index (Phi) is 7.09. The standard InChI is InChI=1S/C41H48N4O3/c1-6-22-19-43(3)36-17-30-25-10-8-9-11-33(25)42-39(30)28(15-27(22)38(36)41(47)48-5)24-12-13-34-29(14-24)31-18-35-32(21-46)26-16-37(40(31)44(34)4)45(35)20-23(26)7-2/h6-14,26-28,32,35-38,42,46H,15-21H2,1-5H3. The van der Waals surface area contributed by atoms with Gasteiger partial charge in [0.2, 0.25) is 0 Å². The number of hydrogen-bond donors (Lipinski definition) is 2. The number of rotatable bonds is 3. The van der Waals surface area contributed by atoms with Gasteiger partial charge in [-0.15, -0.1) is 0 Å². The minimum atomic E-state index is -0.223. The van der Waals surface area contributed by atoms with Crippen LogP contribution in [0.2, 0.25) is 0 Å². The lowest BCUT2D eigenvalue weighted by atomic mass is 9.64. The minimum absolute atomic E-state index is 0.0703. The zero-order chi connectivity index (χ0) is 33.0. The second-order valence-electron chi connectivity index (χ2n) is 15.3. The fourth-order valence-electron chi connectivity index (χ4n) is 11.3. The molecule has 2 aromatic heterocycles. The Morgan fingerprint density at radius 3 is 2.50 bits per heavy atom. The molecule has 250 valence electrons. The summed E-state index contributed by atoms with van der Waals surface area (Å²) in [5, 5.41) is 13.2. The number of aromatic amines is 1. The van der Waals surface area contributed by atoms with E-state index in [1.54, 1.807) is 7.11 Å². The fraction of sp³-hybridized carbons (Fsp3) is 0.488. The average molecular weight is 645 g/mol. The molecule has 7 heterocycles. The Hall–Kier alpha value is -3.65. The summed E-state index contributed by atoms with van der Waals surface area (Å²) in [5.74, 6) is 0.648. The largest absolute Gasteiger partial charge is 0.469 e. The van der Waals surface area contributed by atoms with Crippen LogP contribution in [0.25, 0.3) is 21.8 Å². The number of hydrogen-bond acceptors (Lipinski definition) is 5. The number of benzene rings is 2. The van der Waals surface area contributed by atoms with Gasteiger partial charge >= 0.3 is 5.97 Å². The molecule has 6 aliphatic rings. The van der Waals surface area contributed by atoms with Gasteiger partial charge in [0.25, 0.3) is 0 Å². The number of aliphatic hydroxyl groups is 1. The van der Waals surface area contributed by atoms with Gasteiger partial charge in [-0.3, -0.25) is 14.6 Å². The Labute approximate surface area is 283 Å². The molecule has 4 saturated heterocycles. The topological polar surface area (TPSA) is 73.7 Å². The van der Waals surface area contributed by atoms with Crippen molar-refractivity contribution in [3.63, 3.8) is 0 Å². The molecule has 4 fully saturated rings. The van der Waals surface area contributed by atoms with Crippen molar-refractivity contribution in [2.75, 3.05) is 33.9 Å². The van der Waals surface area contributed by atoms with Gasteiger partial charge in [-0.25, -0.2) is 0 Å². The summed E-state index contributed by atoms with van der Waals surface area (Å²) in [6.07, 6.45) is 8.27. The maximum atomic E-state index is 13.7. The number of aromatic nitrogens is 2. The van der Waals surface area contributed by atoms with Crippen molar-refractivity contribution in [3.8, 4) is 0 Å². The first-order valence-electron chi connectivity index (χ1n) is 18.0. The first-order chi connectivity index (χ1) is 23.4. The molecule has 2 N–H and O–H groups in total. The lowest BCUT2D eigenvalue weighted by molar-refractivity contribution is -0.151. The number of allylic oxidation sites excluding steroid dienone is 2. The molecular weight excluding hydrogens is 596 g/mol. The minimum Gasteiger partial charge on any atom is -0.469 e. The van der Waals surface area contributed by atoms with Crippen LogP contribution in [0.15, 0.2) is 65.8 Å². The Balaban J connectivity index is 1.22. The van der Waals surface area contributed by atoms with Crippen molar-refractivity contribution >= 4 is 27.8 Å². The first kappa shape index (κ1) is 30.4. The molecule has 4 aromatic rings. The number of para-hydroxylation sites is 1. The van der Waals surface area contributed by atoms with Crippen LogP contribution in [0.1, 0.15) is 66.7 Å². The number of fused-ring (bicyclic) bond motifs is 9. The number of H-pyrrole nitrogens is 1. The van der Waals surface area contributed by atoms with Crippen LogP contribution in [0, 0.1) is 23.7 Å². The van der Waals surface area contributed by atoms with Crippen molar-refractivity contribution in [1.82, 2.24) is 19.4 Å². The first-order valence-corrected chi connectivity index (χ1v) is 18.0. The van der Waals surface area contributed by atoms with Crippen LogP contribution in [-0.4, -0.2) is 76.4 Å². The van der Waals surface area contributed by atoms with E-state index in [2.05, 4.69) is 102 Å². The van der Waals surface area contributed by atoms with Gasteiger partial charge in [-0.2, -0.15) is 0 Å². The third-order valence-corrected chi connectivity index (χ3v) is 13.5. The molecule has 5 aliphatic heterocycles. The monoisotopic (exact) mass is 644 g/mol. The normalized spacial score (nSPS) is 34.3. The predicted octanol–water partition coefficient (Wildman–Crippen LogP) is 6.26. The van der Waals surface area contributed by atoms with Gasteiger partial charge in [0.05, 0.1) is 19.1 Å². The molecule has 2 aromatic carbocycles. The van der Waals surface area contributed by atoms with Crippen molar-refractivity contribution in [1.29, 1.82) is 0 Å². The van der Waals surface area contributed by atoms with Crippen LogP contribution in [0.4, 0.5) is 0 Å². The van der Waals surface area contributed by atoms with Crippen molar-refractivity contribution in [2.45, 2.75) is 63.6 Å². The molecule has 0 amide bonds. The third-order valence-electron chi connectivity index (χ3n) is 13.5. The highest BCUT2D eigenvalue weighted by Crippen LogP contribution is 2.55. The van der Waals surface area contributed by atoms with Crippen LogP contribution < -0.4 is 0 Å². The lowest BCUT2D eigenvalue weighted by Crippen LogP contribution is -2.61. The highest BCUT2D eigenvalue weighted by molar-refractivity contribution is 5.88. The number of carbonyl (C=O) groups excluding carboxylic acids is 1. The summed E-state index contributed by atoms with van der Waals surface area (Å²) >= 11 is 0. The van der Waals surface area contributed by atoms with Crippen molar-refractivity contribution < 1.29 is 14.6 Å². The molecule has 6 bridgehead atoms. The van der Waals surface area contributed by atoms with Crippen molar-refractivity contribution in [3.05, 3.63) is 93.8 Å². The van der Waals surface area contributed by atoms with E-state index in [1.807, 2.05) is 0 Å². The van der Waals surface area contributed by atoms with Gasteiger partial charge in [0, 0.05) is 83.9 Å². The van der Waals surface area contributed by atoms with Crippen LogP contribution in [0.5, 0.6) is 0 Å². The van der Waals surface area contributed by atoms with Gasteiger partial charge in [0.1, 0.15) is 0 Å². The smallest absolute Gasteiger partial charge is 0.310 e. The van der Waals surface area contributed by atoms with E-state index < -0.39 is 0 Å². The Morgan fingerprint density at radius 1 is 0.958 bits per heavy atom. The summed E-state index contributed by atoms with van der Waals surface area (Å²) in [4.78, 5) is 22.7. The number of nitrogens with one attached hydrogen (secondary N) is 1. The van der Waals surface area contributed by atoms with Crippen molar-refractivity contribution in [2.24, 2.45) is 30.7 Å². The number of esters is 1. The third kappa shape index (κ3) is 4.13. The molecule has 48 heavy (non-hydrogen) atoms.